The van der Waals surface area contributed by atoms with Crippen LogP contribution in [0.15, 0.2) is 0 Å². The number of unbranched alkanes of at least 4 members (excludes halogenated alkanes) is 25. The van der Waals surface area contributed by atoms with Gasteiger partial charge in [0.15, 0.2) is 6.10 Å². The zero-order valence-electron chi connectivity index (χ0n) is 35.4. The summed E-state index contributed by atoms with van der Waals surface area (Å²) in [5.41, 5.74) is 0. The first-order valence-corrected chi connectivity index (χ1v) is 22.7. The minimum Gasteiger partial charge on any atom is -0.462 e. The van der Waals surface area contributed by atoms with Crippen molar-refractivity contribution in [3.05, 3.63) is 0 Å². The van der Waals surface area contributed by atoms with Crippen LogP contribution in [-0.2, 0) is 28.6 Å². The fourth-order valence-electron chi connectivity index (χ4n) is 6.75. The van der Waals surface area contributed by atoms with Gasteiger partial charge in [-0.25, -0.2) is 0 Å². The van der Waals surface area contributed by atoms with Crippen LogP contribution in [0.4, 0.5) is 0 Å². The average Bonchev–Trinajstić information content (AvgIpc) is 3.11. The molecule has 0 aliphatic heterocycles. The van der Waals surface area contributed by atoms with Crippen molar-refractivity contribution in [3.8, 4) is 0 Å². The third kappa shape index (κ3) is 39.6. The molecule has 0 aliphatic carbocycles. The molecule has 52 heavy (non-hydrogen) atoms. The van der Waals surface area contributed by atoms with E-state index in [9.17, 15) is 14.4 Å². The molecule has 0 aromatic rings. The third-order valence-corrected chi connectivity index (χ3v) is 10.2. The van der Waals surface area contributed by atoms with Gasteiger partial charge in [0.25, 0.3) is 0 Å². The predicted octanol–water partition coefficient (Wildman–Crippen LogP) is 14.2. The Morgan fingerprint density at radius 2 is 0.635 bits per heavy atom. The summed E-state index contributed by atoms with van der Waals surface area (Å²) in [7, 11) is 0. The van der Waals surface area contributed by atoms with E-state index in [1.54, 1.807) is 0 Å². The molecule has 6 heteroatoms. The van der Waals surface area contributed by atoms with Gasteiger partial charge in [-0.3, -0.25) is 14.4 Å². The molecule has 0 heterocycles. The molecule has 0 rings (SSSR count). The molecule has 0 aromatic heterocycles. The molecule has 6 nitrogen and oxygen atoms in total. The maximum Gasteiger partial charge on any atom is 0.306 e. The highest BCUT2D eigenvalue weighted by Crippen LogP contribution is 2.16. The summed E-state index contributed by atoms with van der Waals surface area (Å²) in [6.45, 7) is 11.3. The van der Waals surface area contributed by atoms with Crippen LogP contribution in [0.3, 0.4) is 0 Å². The summed E-state index contributed by atoms with van der Waals surface area (Å²) in [5.74, 6) is 0.747. The molecule has 0 N–H and O–H groups in total. The van der Waals surface area contributed by atoms with E-state index in [0.717, 1.165) is 69.6 Å². The van der Waals surface area contributed by atoms with E-state index in [4.69, 9.17) is 14.2 Å². The van der Waals surface area contributed by atoms with Crippen molar-refractivity contribution in [2.24, 2.45) is 11.8 Å². The summed E-state index contributed by atoms with van der Waals surface area (Å²) >= 11 is 0. The molecule has 0 saturated heterocycles. The van der Waals surface area contributed by atoms with Gasteiger partial charge in [-0.2, -0.15) is 0 Å². The second-order valence-corrected chi connectivity index (χ2v) is 16.6. The first-order chi connectivity index (χ1) is 25.2. The number of carbonyl (C=O) groups is 3. The zero-order valence-corrected chi connectivity index (χ0v) is 35.4. The number of hydrogen-bond donors (Lipinski definition) is 0. The second-order valence-electron chi connectivity index (χ2n) is 16.6. The molecule has 0 spiro atoms. The maximum atomic E-state index is 12.7. The van der Waals surface area contributed by atoms with E-state index in [-0.39, 0.29) is 31.1 Å². The lowest BCUT2D eigenvalue weighted by Crippen LogP contribution is -2.30. The Morgan fingerprint density at radius 3 is 0.942 bits per heavy atom. The number of esters is 3. The quantitative estimate of drug-likeness (QED) is 0.0354. The summed E-state index contributed by atoms with van der Waals surface area (Å²) in [5, 5.41) is 0. The maximum absolute atomic E-state index is 12.7. The van der Waals surface area contributed by atoms with Crippen LogP contribution in [0, 0.1) is 11.8 Å². The van der Waals surface area contributed by atoms with E-state index < -0.39 is 6.10 Å². The van der Waals surface area contributed by atoms with E-state index in [1.807, 2.05) is 0 Å². The molecule has 0 saturated carbocycles. The lowest BCUT2D eigenvalue weighted by atomic mass is 10.0. The largest absolute Gasteiger partial charge is 0.462 e. The Bertz CT molecular complexity index is 794. The standard InChI is InChI=1S/C46H88O6/c1-6-7-8-9-10-11-16-22-28-33-38-46(49)52-43(40-51-45(48)37-32-27-23-18-20-25-30-35-42(4)5)39-50-44(47)36-31-26-21-17-14-12-13-15-19-24-29-34-41(2)3/h41-43H,6-40H2,1-5H3/t43-/m1/s1. The van der Waals surface area contributed by atoms with Crippen molar-refractivity contribution in [2.75, 3.05) is 13.2 Å². The molecule has 0 radical (unpaired) electrons. The van der Waals surface area contributed by atoms with Crippen LogP contribution in [-0.4, -0.2) is 37.2 Å². The van der Waals surface area contributed by atoms with Gasteiger partial charge in [0, 0.05) is 19.3 Å². The van der Waals surface area contributed by atoms with Gasteiger partial charge in [0.2, 0.25) is 0 Å². The molecule has 0 aliphatic rings. The second kappa shape index (κ2) is 39.1. The smallest absolute Gasteiger partial charge is 0.306 e. The number of rotatable bonds is 40. The third-order valence-electron chi connectivity index (χ3n) is 10.2. The van der Waals surface area contributed by atoms with E-state index in [1.165, 1.54) is 135 Å². The van der Waals surface area contributed by atoms with Crippen LogP contribution in [0.2, 0.25) is 0 Å². The highest BCUT2D eigenvalue weighted by atomic mass is 16.6. The number of carbonyl (C=O) groups excluding carboxylic acids is 3. The van der Waals surface area contributed by atoms with Gasteiger partial charge in [-0.05, 0) is 31.1 Å². The molecule has 0 aromatic carbocycles. The monoisotopic (exact) mass is 737 g/mol. The molecule has 1 atom stereocenters. The van der Waals surface area contributed by atoms with Crippen LogP contribution in [0.25, 0.3) is 0 Å². The molecule has 0 unspecified atom stereocenters. The summed E-state index contributed by atoms with van der Waals surface area (Å²) in [4.78, 5) is 37.6. The van der Waals surface area contributed by atoms with Gasteiger partial charge in [-0.1, -0.05) is 208 Å². The minimum atomic E-state index is -0.760. The van der Waals surface area contributed by atoms with Crippen molar-refractivity contribution in [3.63, 3.8) is 0 Å². The Labute approximate surface area is 323 Å². The predicted molar refractivity (Wildman–Crippen MR) is 220 cm³/mol. The van der Waals surface area contributed by atoms with E-state index in [0.29, 0.717) is 19.3 Å². The Hall–Kier alpha value is -1.59. The highest BCUT2D eigenvalue weighted by Gasteiger charge is 2.19. The molecular formula is C46H88O6. The summed E-state index contributed by atoms with van der Waals surface area (Å²) in [6.07, 6.45) is 36.6. The van der Waals surface area contributed by atoms with Gasteiger partial charge >= 0.3 is 17.9 Å². The fourth-order valence-corrected chi connectivity index (χ4v) is 6.75. The first-order valence-electron chi connectivity index (χ1n) is 22.7. The van der Waals surface area contributed by atoms with Gasteiger partial charge in [-0.15, -0.1) is 0 Å². The van der Waals surface area contributed by atoms with Crippen molar-refractivity contribution >= 4 is 17.9 Å². The summed E-state index contributed by atoms with van der Waals surface area (Å²) < 4.78 is 16.7. The molecule has 0 bridgehead atoms. The van der Waals surface area contributed by atoms with Crippen LogP contribution in [0.1, 0.15) is 247 Å². The topological polar surface area (TPSA) is 78.9 Å². The minimum absolute atomic E-state index is 0.0653. The normalized spacial score (nSPS) is 12.1. The van der Waals surface area contributed by atoms with E-state index >= 15 is 0 Å². The first kappa shape index (κ1) is 50.4. The summed E-state index contributed by atoms with van der Waals surface area (Å²) in [6, 6.07) is 0. The molecule has 308 valence electrons. The fraction of sp³-hybridized carbons (Fsp3) is 0.935. The Morgan fingerprint density at radius 1 is 0.365 bits per heavy atom. The van der Waals surface area contributed by atoms with Crippen molar-refractivity contribution in [1.29, 1.82) is 0 Å². The van der Waals surface area contributed by atoms with Crippen LogP contribution < -0.4 is 0 Å². The van der Waals surface area contributed by atoms with Gasteiger partial charge in [0.05, 0.1) is 0 Å². The van der Waals surface area contributed by atoms with Crippen LogP contribution >= 0.6 is 0 Å². The zero-order chi connectivity index (χ0) is 38.3. The van der Waals surface area contributed by atoms with Gasteiger partial charge < -0.3 is 14.2 Å². The van der Waals surface area contributed by atoms with Crippen molar-refractivity contribution in [1.82, 2.24) is 0 Å². The van der Waals surface area contributed by atoms with Gasteiger partial charge in [0.1, 0.15) is 13.2 Å². The lowest BCUT2D eigenvalue weighted by molar-refractivity contribution is -0.167. The average molecular weight is 737 g/mol. The van der Waals surface area contributed by atoms with Crippen molar-refractivity contribution < 1.29 is 28.6 Å². The Balaban J connectivity index is 4.31. The number of hydrogen-bond acceptors (Lipinski definition) is 6. The van der Waals surface area contributed by atoms with Crippen molar-refractivity contribution in [2.45, 2.75) is 253 Å². The highest BCUT2D eigenvalue weighted by molar-refractivity contribution is 5.71. The lowest BCUT2D eigenvalue weighted by Gasteiger charge is -2.18. The van der Waals surface area contributed by atoms with Crippen LogP contribution in [0.5, 0.6) is 0 Å². The molecule has 0 fully saturated rings. The molecule has 0 amide bonds. The number of ether oxygens (including phenoxy) is 3. The SMILES string of the molecule is CCCCCCCCCCCCC(=O)O[C@H](COC(=O)CCCCCCCCCCCCCC(C)C)COC(=O)CCCCCCCCCC(C)C. The Kier molecular flexibility index (Phi) is 37.9. The molecular weight excluding hydrogens is 649 g/mol. The van der Waals surface area contributed by atoms with E-state index in [2.05, 4.69) is 34.6 Å².